The van der Waals surface area contributed by atoms with Crippen molar-refractivity contribution in [2.24, 2.45) is 7.05 Å². The molecule has 3 aromatic heterocycles. The van der Waals surface area contributed by atoms with Crippen molar-refractivity contribution in [2.75, 3.05) is 7.05 Å². The first-order chi connectivity index (χ1) is 13.7. The number of fused-ring (bicyclic) bond motifs is 1. The van der Waals surface area contributed by atoms with Gasteiger partial charge >= 0.3 is 12.1 Å². The number of halogens is 5. The summed E-state index contributed by atoms with van der Waals surface area (Å²) in [5.74, 6) is -5.82. The van der Waals surface area contributed by atoms with Crippen LogP contribution >= 0.6 is 0 Å². The molecule has 12 heteroatoms. The second-order valence-electron chi connectivity index (χ2n) is 7.09. The molecule has 0 aromatic carbocycles. The highest BCUT2D eigenvalue weighted by molar-refractivity contribution is 5.93. The summed E-state index contributed by atoms with van der Waals surface area (Å²) < 4.78 is 68.7. The van der Waals surface area contributed by atoms with Crippen molar-refractivity contribution in [2.45, 2.75) is 39.4 Å². The maximum Gasteiger partial charge on any atom is 0.459 e. The van der Waals surface area contributed by atoms with Crippen molar-refractivity contribution < 1.29 is 26.7 Å². The Morgan fingerprint density at radius 2 is 1.73 bits per heavy atom. The molecule has 30 heavy (non-hydrogen) atoms. The molecule has 3 heterocycles. The van der Waals surface area contributed by atoms with Crippen LogP contribution in [0.25, 0.3) is 5.65 Å². The smallest absolute Gasteiger partial charge is 0.336 e. The molecule has 0 N–H and O–H groups in total. The molecular formula is C18H19F5N6O. The molecule has 0 radical (unpaired) electrons. The summed E-state index contributed by atoms with van der Waals surface area (Å²) >= 11 is 0. The van der Waals surface area contributed by atoms with E-state index in [4.69, 9.17) is 0 Å². The topological polar surface area (TPSA) is 68.3 Å². The highest BCUT2D eigenvalue weighted by Crippen LogP contribution is 2.43. The van der Waals surface area contributed by atoms with E-state index in [9.17, 15) is 26.7 Å². The van der Waals surface area contributed by atoms with E-state index in [1.54, 1.807) is 18.7 Å². The summed E-state index contributed by atoms with van der Waals surface area (Å²) in [7, 11) is 3.23. The van der Waals surface area contributed by atoms with Gasteiger partial charge in [0.05, 0.1) is 5.69 Å². The van der Waals surface area contributed by atoms with Gasteiger partial charge in [-0.3, -0.25) is 9.48 Å². The minimum Gasteiger partial charge on any atom is -0.336 e. The number of rotatable bonds is 4. The molecule has 0 aliphatic carbocycles. The Kier molecular flexibility index (Phi) is 5.07. The first-order valence-electron chi connectivity index (χ1n) is 8.81. The van der Waals surface area contributed by atoms with Crippen LogP contribution in [0.15, 0.2) is 12.1 Å². The van der Waals surface area contributed by atoms with E-state index in [0.717, 1.165) is 17.3 Å². The fourth-order valence-corrected chi connectivity index (χ4v) is 3.12. The number of amides is 1. The van der Waals surface area contributed by atoms with Crippen molar-refractivity contribution in [3.63, 3.8) is 0 Å². The van der Waals surface area contributed by atoms with Gasteiger partial charge in [-0.05, 0) is 26.8 Å². The quantitative estimate of drug-likeness (QED) is 0.596. The minimum atomic E-state index is -5.82. The summed E-state index contributed by atoms with van der Waals surface area (Å²) in [5.41, 5.74) is 0.317. The summed E-state index contributed by atoms with van der Waals surface area (Å²) in [5, 5.41) is 7.97. The van der Waals surface area contributed by atoms with E-state index in [-0.39, 0.29) is 23.6 Å². The number of aromatic nitrogens is 5. The van der Waals surface area contributed by atoms with Crippen LogP contribution in [0.5, 0.6) is 0 Å². The number of hydrogen-bond acceptors (Lipinski definition) is 4. The third-order valence-electron chi connectivity index (χ3n) is 4.85. The molecule has 0 spiro atoms. The van der Waals surface area contributed by atoms with Crippen LogP contribution in [-0.2, 0) is 19.5 Å². The van der Waals surface area contributed by atoms with E-state index in [2.05, 4.69) is 15.2 Å². The van der Waals surface area contributed by atoms with Gasteiger partial charge in [0.15, 0.2) is 11.3 Å². The normalized spacial score (nSPS) is 12.6. The number of aryl methyl sites for hydroxylation is 3. The number of alkyl halides is 5. The average molecular weight is 430 g/mol. The van der Waals surface area contributed by atoms with Gasteiger partial charge < -0.3 is 4.90 Å². The lowest BCUT2D eigenvalue weighted by atomic mass is 10.2. The second-order valence-corrected chi connectivity index (χ2v) is 7.09. The van der Waals surface area contributed by atoms with Crippen molar-refractivity contribution in [3.05, 3.63) is 46.2 Å². The van der Waals surface area contributed by atoms with Crippen molar-refractivity contribution >= 4 is 11.6 Å². The van der Waals surface area contributed by atoms with Gasteiger partial charge in [0, 0.05) is 43.7 Å². The van der Waals surface area contributed by atoms with Gasteiger partial charge in [0.2, 0.25) is 0 Å². The SMILES string of the molecule is Cc1cc(C(F)(F)C(F)(F)F)n2nc(C(=O)N(C)Cc3c(C)nn(C)c3C)cc2n1. The third-order valence-corrected chi connectivity index (χ3v) is 4.85. The zero-order valence-electron chi connectivity index (χ0n) is 16.8. The van der Waals surface area contributed by atoms with E-state index in [1.165, 1.54) is 18.9 Å². The van der Waals surface area contributed by atoms with Gasteiger partial charge in [-0.15, -0.1) is 0 Å². The predicted molar refractivity (Wildman–Crippen MR) is 96.2 cm³/mol. The fourth-order valence-electron chi connectivity index (χ4n) is 3.12. The lowest BCUT2D eigenvalue weighted by Gasteiger charge is -2.20. The standard InChI is InChI=1S/C18H19F5N6O/c1-9-6-14(17(19,20)18(21,22)23)29-15(24-9)7-13(26-29)16(30)27(4)8-12-10(2)25-28(5)11(12)3/h6-7H,8H2,1-5H3. The first kappa shape index (κ1) is 21.7. The third kappa shape index (κ3) is 3.50. The van der Waals surface area contributed by atoms with Gasteiger partial charge in [-0.1, -0.05) is 0 Å². The van der Waals surface area contributed by atoms with E-state index in [1.807, 2.05) is 6.92 Å². The van der Waals surface area contributed by atoms with E-state index < -0.39 is 23.7 Å². The lowest BCUT2D eigenvalue weighted by molar-refractivity contribution is -0.291. The summed E-state index contributed by atoms with van der Waals surface area (Å²) in [6.45, 7) is 5.06. The van der Waals surface area contributed by atoms with Crippen molar-refractivity contribution in [3.8, 4) is 0 Å². The fraction of sp³-hybridized carbons (Fsp3) is 0.444. The Bertz CT molecular complexity index is 1130. The van der Waals surface area contributed by atoms with E-state index in [0.29, 0.717) is 16.3 Å². The largest absolute Gasteiger partial charge is 0.459 e. The molecule has 3 aromatic rings. The van der Waals surface area contributed by atoms with Crippen LogP contribution in [0.2, 0.25) is 0 Å². The van der Waals surface area contributed by atoms with Gasteiger partial charge in [0.25, 0.3) is 5.91 Å². The van der Waals surface area contributed by atoms with Crippen LogP contribution in [0.3, 0.4) is 0 Å². The zero-order valence-corrected chi connectivity index (χ0v) is 16.8. The Hall–Kier alpha value is -3.05. The molecule has 7 nitrogen and oxygen atoms in total. The maximum absolute atomic E-state index is 14.0. The van der Waals surface area contributed by atoms with Crippen LogP contribution in [0.1, 0.15) is 38.8 Å². The van der Waals surface area contributed by atoms with Crippen molar-refractivity contribution in [1.82, 2.24) is 29.3 Å². The van der Waals surface area contributed by atoms with Crippen LogP contribution < -0.4 is 0 Å². The molecule has 0 saturated heterocycles. The Morgan fingerprint density at radius 1 is 1.10 bits per heavy atom. The molecule has 0 aliphatic rings. The zero-order chi connectivity index (χ0) is 22.6. The molecule has 0 fully saturated rings. The number of nitrogens with zero attached hydrogens (tertiary/aromatic N) is 6. The van der Waals surface area contributed by atoms with Crippen LogP contribution in [0, 0.1) is 20.8 Å². The highest BCUT2D eigenvalue weighted by Gasteiger charge is 2.60. The van der Waals surface area contributed by atoms with Gasteiger partial charge in [0.1, 0.15) is 5.69 Å². The number of carbonyl (C=O) groups excluding carboxylic acids is 1. The minimum absolute atomic E-state index is 0.0599. The summed E-state index contributed by atoms with van der Waals surface area (Å²) in [6.07, 6.45) is -5.82. The molecule has 162 valence electrons. The molecule has 0 saturated carbocycles. The van der Waals surface area contributed by atoms with E-state index >= 15 is 0 Å². The Balaban J connectivity index is 2.01. The average Bonchev–Trinajstić information content (AvgIpc) is 3.15. The Labute approximate surface area is 168 Å². The molecule has 0 bridgehead atoms. The number of carbonyl (C=O) groups is 1. The summed E-state index contributed by atoms with van der Waals surface area (Å²) in [4.78, 5) is 18.0. The molecular weight excluding hydrogens is 411 g/mol. The highest BCUT2D eigenvalue weighted by atomic mass is 19.4. The van der Waals surface area contributed by atoms with Crippen LogP contribution in [-0.4, -0.2) is 48.4 Å². The predicted octanol–water partition coefficient (Wildman–Crippen LogP) is 3.31. The van der Waals surface area contributed by atoms with Crippen LogP contribution in [0.4, 0.5) is 22.0 Å². The first-order valence-corrected chi connectivity index (χ1v) is 8.81. The lowest BCUT2D eigenvalue weighted by Crippen LogP contribution is -2.36. The second kappa shape index (κ2) is 7.03. The molecule has 0 aliphatic heterocycles. The van der Waals surface area contributed by atoms with Gasteiger partial charge in [-0.2, -0.15) is 32.1 Å². The van der Waals surface area contributed by atoms with Gasteiger partial charge in [-0.25, -0.2) is 9.50 Å². The molecule has 0 unspecified atom stereocenters. The monoisotopic (exact) mass is 430 g/mol. The van der Waals surface area contributed by atoms with Crippen molar-refractivity contribution in [1.29, 1.82) is 0 Å². The maximum atomic E-state index is 14.0. The molecule has 1 amide bonds. The summed E-state index contributed by atoms with van der Waals surface area (Å²) in [6, 6.07) is 1.69. The number of hydrogen-bond donors (Lipinski definition) is 0. The molecule has 3 rings (SSSR count). The Morgan fingerprint density at radius 3 is 2.27 bits per heavy atom. The molecule has 0 atom stereocenters.